The van der Waals surface area contributed by atoms with E-state index in [9.17, 15) is 9.59 Å². The van der Waals surface area contributed by atoms with Gasteiger partial charge >= 0.3 is 0 Å². The van der Waals surface area contributed by atoms with E-state index < -0.39 is 0 Å². The first kappa shape index (κ1) is 24.6. The minimum Gasteiger partial charge on any atom is -0.351 e. The number of aromatic nitrogens is 1. The third-order valence-electron chi connectivity index (χ3n) is 5.81. The van der Waals surface area contributed by atoms with Crippen molar-refractivity contribution < 1.29 is 9.59 Å². The van der Waals surface area contributed by atoms with E-state index in [0.717, 1.165) is 30.3 Å². The highest BCUT2D eigenvalue weighted by Gasteiger charge is 2.17. The molecule has 0 radical (unpaired) electrons. The van der Waals surface area contributed by atoms with Crippen LogP contribution in [0.3, 0.4) is 0 Å². The van der Waals surface area contributed by atoms with Crippen molar-refractivity contribution in [1.29, 1.82) is 0 Å². The second-order valence-corrected chi connectivity index (χ2v) is 10.2. The van der Waals surface area contributed by atoms with Crippen LogP contribution in [0.5, 0.6) is 0 Å². The highest BCUT2D eigenvalue weighted by molar-refractivity contribution is 6.06. The van der Waals surface area contributed by atoms with Crippen molar-refractivity contribution in [2.45, 2.75) is 66.3 Å². The van der Waals surface area contributed by atoms with Crippen LogP contribution in [0, 0.1) is 5.92 Å². The molecule has 2 amide bonds. The van der Waals surface area contributed by atoms with Gasteiger partial charge in [-0.1, -0.05) is 60.1 Å². The average molecular weight is 448 g/mol. The predicted octanol–water partition coefficient (Wildman–Crippen LogP) is 6.38. The van der Waals surface area contributed by atoms with Crippen molar-refractivity contribution in [2.75, 3.05) is 11.9 Å². The fourth-order valence-electron chi connectivity index (χ4n) is 3.81. The van der Waals surface area contributed by atoms with Crippen LogP contribution in [0.2, 0.25) is 0 Å². The van der Waals surface area contributed by atoms with E-state index in [2.05, 4.69) is 56.7 Å². The van der Waals surface area contributed by atoms with Gasteiger partial charge in [-0.25, -0.2) is 0 Å². The van der Waals surface area contributed by atoms with Gasteiger partial charge in [0.15, 0.2) is 0 Å². The normalized spacial score (nSPS) is 11.7. The zero-order valence-corrected chi connectivity index (χ0v) is 20.8. The molecule has 0 atom stereocenters. The number of benzene rings is 2. The highest BCUT2D eigenvalue weighted by Crippen LogP contribution is 2.26. The van der Waals surface area contributed by atoms with Gasteiger partial charge in [0, 0.05) is 35.2 Å². The summed E-state index contributed by atoms with van der Waals surface area (Å²) in [4.78, 5) is 25.6. The van der Waals surface area contributed by atoms with Gasteiger partial charge < -0.3 is 15.2 Å². The monoisotopic (exact) mass is 447 g/mol. The first-order valence-corrected chi connectivity index (χ1v) is 11.9. The number of hydrogen-bond donors (Lipinski definition) is 2. The van der Waals surface area contributed by atoms with Gasteiger partial charge in [0.2, 0.25) is 0 Å². The second kappa shape index (κ2) is 10.2. The molecule has 2 aromatic carbocycles. The SMILES string of the molecule is CCCCn1c(C(=O)NCC(C)C)cc2cc(NC(=O)c3ccc(C(C)(C)C)cc3)ccc21. The number of fused-ring (bicyclic) bond motifs is 1. The predicted molar refractivity (Wildman–Crippen MR) is 137 cm³/mol. The quantitative estimate of drug-likeness (QED) is 0.421. The molecule has 3 aromatic rings. The minimum atomic E-state index is -0.143. The van der Waals surface area contributed by atoms with Gasteiger partial charge in [0.1, 0.15) is 5.69 Å². The van der Waals surface area contributed by atoms with Crippen molar-refractivity contribution in [2.24, 2.45) is 5.92 Å². The molecule has 5 heteroatoms. The van der Waals surface area contributed by atoms with Crippen LogP contribution in [0.15, 0.2) is 48.5 Å². The molecule has 0 saturated carbocycles. The van der Waals surface area contributed by atoms with Gasteiger partial charge in [-0.3, -0.25) is 9.59 Å². The maximum Gasteiger partial charge on any atom is 0.267 e. The lowest BCUT2D eigenvalue weighted by molar-refractivity contribution is 0.0939. The molecular weight excluding hydrogens is 410 g/mol. The summed E-state index contributed by atoms with van der Waals surface area (Å²) in [5.74, 6) is 0.192. The van der Waals surface area contributed by atoms with E-state index in [4.69, 9.17) is 0 Å². The molecule has 0 spiro atoms. The number of carbonyl (C=O) groups excluding carboxylic acids is 2. The minimum absolute atomic E-state index is 0.0458. The van der Waals surface area contributed by atoms with Crippen LogP contribution in [0.4, 0.5) is 5.69 Å². The lowest BCUT2D eigenvalue weighted by Gasteiger charge is -2.19. The molecule has 0 fully saturated rings. The van der Waals surface area contributed by atoms with Gasteiger partial charge in [0.05, 0.1) is 0 Å². The standard InChI is InChI=1S/C28H37N3O2/c1-7-8-15-31-24-14-13-23(16-21(24)17-25(31)27(33)29-18-19(2)3)30-26(32)20-9-11-22(12-10-20)28(4,5)6/h9-14,16-17,19H,7-8,15,18H2,1-6H3,(H,29,33)(H,30,32). The fourth-order valence-corrected chi connectivity index (χ4v) is 3.81. The fraction of sp³-hybridized carbons (Fsp3) is 0.429. The second-order valence-electron chi connectivity index (χ2n) is 10.2. The summed E-state index contributed by atoms with van der Waals surface area (Å²) in [5, 5.41) is 6.98. The number of nitrogens with zero attached hydrogens (tertiary/aromatic N) is 1. The Morgan fingerprint density at radius 1 is 0.970 bits per heavy atom. The Hall–Kier alpha value is -3.08. The van der Waals surface area contributed by atoms with Crippen LogP contribution >= 0.6 is 0 Å². The Balaban J connectivity index is 1.85. The van der Waals surface area contributed by atoms with Crippen molar-refractivity contribution >= 4 is 28.4 Å². The molecule has 0 saturated heterocycles. The molecule has 5 nitrogen and oxygen atoms in total. The average Bonchev–Trinajstić information content (AvgIpc) is 3.13. The maximum absolute atomic E-state index is 12.8. The lowest BCUT2D eigenvalue weighted by atomic mass is 9.87. The van der Waals surface area contributed by atoms with E-state index in [0.29, 0.717) is 29.4 Å². The zero-order valence-electron chi connectivity index (χ0n) is 20.8. The van der Waals surface area contributed by atoms with Crippen LogP contribution in [0.1, 0.15) is 80.8 Å². The molecule has 0 aliphatic heterocycles. The number of unbranched alkanes of at least 4 members (excludes halogenated alkanes) is 1. The molecule has 33 heavy (non-hydrogen) atoms. The molecule has 0 aliphatic rings. The molecule has 0 bridgehead atoms. The van der Waals surface area contributed by atoms with Crippen LogP contribution in [-0.4, -0.2) is 22.9 Å². The van der Waals surface area contributed by atoms with Crippen molar-refractivity contribution in [3.63, 3.8) is 0 Å². The molecule has 3 rings (SSSR count). The number of hydrogen-bond acceptors (Lipinski definition) is 2. The number of amides is 2. The number of carbonyl (C=O) groups is 2. The number of anilines is 1. The Morgan fingerprint density at radius 3 is 2.27 bits per heavy atom. The third-order valence-corrected chi connectivity index (χ3v) is 5.81. The number of aryl methyl sites for hydroxylation is 1. The van der Waals surface area contributed by atoms with E-state index in [-0.39, 0.29) is 17.2 Å². The van der Waals surface area contributed by atoms with E-state index >= 15 is 0 Å². The first-order chi connectivity index (χ1) is 15.6. The van der Waals surface area contributed by atoms with Crippen molar-refractivity contribution in [1.82, 2.24) is 9.88 Å². The summed E-state index contributed by atoms with van der Waals surface area (Å²) in [6, 6.07) is 15.5. The summed E-state index contributed by atoms with van der Waals surface area (Å²) in [6.07, 6.45) is 2.05. The Labute approximate surface area is 197 Å². The number of nitrogens with one attached hydrogen (secondary N) is 2. The summed E-state index contributed by atoms with van der Waals surface area (Å²) >= 11 is 0. The molecule has 2 N–H and O–H groups in total. The van der Waals surface area contributed by atoms with Gasteiger partial charge in [-0.05, 0) is 59.7 Å². The molecular formula is C28H37N3O2. The van der Waals surface area contributed by atoms with E-state index in [1.165, 1.54) is 5.56 Å². The Kier molecular flexibility index (Phi) is 7.62. The summed E-state index contributed by atoms with van der Waals surface area (Å²) < 4.78 is 2.09. The van der Waals surface area contributed by atoms with Crippen molar-refractivity contribution in [3.05, 3.63) is 65.4 Å². The molecule has 1 heterocycles. The van der Waals surface area contributed by atoms with Gasteiger partial charge in [-0.2, -0.15) is 0 Å². The smallest absolute Gasteiger partial charge is 0.267 e. The summed E-state index contributed by atoms with van der Waals surface area (Å²) in [7, 11) is 0. The van der Waals surface area contributed by atoms with Gasteiger partial charge in [0.25, 0.3) is 11.8 Å². The van der Waals surface area contributed by atoms with Gasteiger partial charge in [-0.15, -0.1) is 0 Å². The highest BCUT2D eigenvalue weighted by atomic mass is 16.2. The zero-order chi connectivity index (χ0) is 24.2. The maximum atomic E-state index is 12.8. The first-order valence-electron chi connectivity index (χ1n) is 11.9. The lowest BCUT2D eigenvalue weighted by Crippen LogP contribution is -2.29. The largest absolute Gasteiger partial charge is 0.351 e. The summed E-state index contributed by atoms with van der Waals surface area (Å²) in [5.41, 5.74) is 4.25. The summed E-state index contributed by atoms with van der Waals surface area (Å²) in [6.45, 7) is 14.2. The Morgan fingerprint density at radius 2 is 1.67 bits per heavy atom. The molecule has 176 valence electrons. The molecule has 0 aliphatic carbocycles. The number of rotatable bonds is 8. The van der Waals surface area contributed by atoms with Crippen LogP contribution < -0.4 is 10.6 Å². The van der Waals surface area contributed by atoms with Crippen LogP contribution in [0.25, 0.3) is 10.9 Å². The molecule has 0 unspecified atom stereocenters. The van der Waals surface area contributed by atoms with E-state index in [1.54, 1.807) is 0 Å². The van der Waals surface area contributed by atoms with Crippen LogP contribution in [-0.2, 0) is 12.0 Å². The Bertz CT molecular complexity index is 1120. The topological polar surface area (TPSA) is 63.1 Å². The molecule has 1 aromatic heterocycles. The van der Waals surface area contributed by atoms with Crippen molar-refractivity contribution in [3.8, 4) is 0 Å². The van der Waals surface area contributed by atoms with E-state index in [1.807, 2.05) is 48.5 Å². The third kappa shape index (κ3) is 6.04.